The lowest BCUT2D eigenvalue weighted by atomic mass is 10.2. The number of rotatable bonds is 1. The summed E-state index contributed by atoms with van der Waals surface area (Å²) in [6.45, 7) is 1.07. The van der Waals surface area contributed by atoms with Gasteiger partial charge < -0.3 is 9.88 Å². The number of carbonyl (C=O) groups is 1. The summed E-state index contributed by atoms with van der Waals surface area (Å²) in [7, 11) is 1.87. The zero-order valence-corrected chi connectivity index (χ0v) is 11.4. The first-order valence-electron chi connectivity index (χ1n) is 6.70. The van der Waals surface area contributed by atoms with Crippen molar-refractivity contribution in [3.05, 3.63) is 53.2 Å². The molecule has 0 unspecified atom stereocenters. The SMILES string of the molecule is Cn1ncc2c1CN(C(=O)c1cc3c(F)cccc3[nH]1)C2. The number of nitrogens with zero attached hydrogens (tertiary/aromatic N) is 3. The standard InChI is InChI=1S/C15H13FN4O/c1-19-14-8-20(7-9(14)6-17-19)15(21)13-5-10-11(16)3-2-4-12(10)18-13/h2-6,18H,7-8H2,1H3. The lowest BCUT2D eigenvalue weighted by Gasteiger charge is -2.14. The molecule has 1 aliphatic rings. The maximum Gasteiger partial charge on any atom is 0.270 e. The van der Waals surface area contributed by atoms with Gasteiger partial charge in [-0.3, -0.25) is 9.48 Å². The number of amides is 1. The molecule has 0 spiro atoms. The van der Waals surface area contributed by atoms with Crippen LogP contribution in [0.15, 0.2) is 30.5 Å². The van der Waals surface area contributed by atoms with Gasteiger partial charge in [0, 0.05) is 30.1 Å². The highest BCUT2D eigenvalue weighted by molar-refractivity contribution is 5.98. The highest BCUT2D eigenvalue weighted by Gasteiger charge is 2.28. The number of aromatic nitrogens is 3. The van der Waals surface area contributed by atoms with Crippen molar-refractivity contribution in [1.82, 2.24) is 19.7 Å². The Balaban J connectivity index is 1.67. The third kappa shape index (κ3) is 1.75. The molecule has 0 radical (unpaired) electrons. The third-order valence-electron chi connectivity index (χ3n) is 3.98. The Morgan fingerprint density at radius 3 is 3.00 bits per heavy atom. The molecule has 4 rings (SSSR count). The Kier molecular flexibility index (Phi) is 2.42. The highest BCUT2D eigenvalue weighted by atomic mass is 19.1. The minimum absolute atomic E-state index is 0.123. The average Bonchev–Trinajstić information content (AvgIpc) is 3.14. The molecule has 0 aliphatic carbocycles. The van der Waals surface area contributed by atoms with Gasteiger partial charge in [-0.1, -0.05) is 6.07 Å². The van der Waals surface area contributed by atoms with Gasteiger partial charge in [0.25, 0.3) is 5.91 Å². The monoisotopic (exact) mass is 284 g/mol. The minimum atomic E-state index is -0.322. The number of halogens is 1. The number of fused-ring (bicyclic) bond motifs is 2. The van der Waals surface area contributed by atoms with Gasteiger partial charge in [0.1, 0.15) is 11.5 Å². The summed E-state index contributed by atoms with van der Waals surface area (Å²) in [5.41, 5.74) is 3.16. The first-order valence-corrected chi connectivity index (χ1v) is 6.70. The Hall–Kier alpha value is -2.63. The largest absolute Gasteiger partial charge is 0.350 e. The zero-order chi connectivity index (χ0) is 14.6. The van der Waals surface area contributed by atoms with E-state index in [1.54, 1.807) is 34.0 Å². The van der Waals surface area contributed by atoms with Crippen LogP contribution in [0.5, 0.6) is 0 Å². The Morgan fingerprint density at radius 2 is 2.24 bits per heavy atom. The van der Waals surface area contributed by atoms with Crippen LogP contribution in [-0.2, 0) is 20.1 Å². The van der Waals surface area contributed by atoms with E-state index in [1.807, 2.05) is 7.05 Å². The van der Waals surface area contributed by atoms with E-state index in [2.05, 4.69) is 10.1 Å². The van der Waals surface area contributed by atoms with Crippen LogP contribution in [0.1, 0.15) is 21.7 Å². The maximum absolute atomic E-state index is 13.7. The molecule has 0 saturated carbocycles. The fraction of sp³-hybridized carbons (Fsp3) is 0.200. The molecule has 0 saturated heterocycles. The number of aromatic amines is 1. The number of nitrogens with one attached hydrogen (secondary N) is 1. The van der Waals surface area contributed by atoms with Crippen LogP contribution < -0.4 is 0 Å². The van der Waals surface area contributed by atoms with Gasteiger partial charge in [0.05, 0.1) is 18.4 Å². The van der Waals surface area contributed by atoms with E-state index in [4.69, 9.17) is 0 Å². The van der Waals surface area contributed by atoms with Crippen molar-refractivity contribution in [3.8, 4) is 0 Å². The van der Waals surface area contributed by atoms with Crippen molar-refractivity contribution in [2.24, 2.45) is 7.05 Å². The normalized spacial score (nSPS) is 13.9. The Labute approximate surface area is 120 Å². The first kappa shape index (κ1) is 12.1. The van der Waals surface area contributed by atoms with Gasteiger partial charge >= 0.3 is 0 Å². The molecular weight excluding hydrogens is 271 g/mol. The molecule has 3 heterocycles. The fourth-order valence-corrected chi connectivity index (χ4v) is 2.83. The zero-order valence-electron chi connectivity index (χ0n) is 11.4. The maximum atomic E-state index is 13.7. The molecule has 1 N–H and O–H groups in total. The smallest absolute Gasteiger partial charge is 0.270 e. The molecule has 1 amide bonds. The van der Waals surface area contributed by atoms with Gasteiger partial charge in [-0.2, -0.15) is 5.10 Å². The van der Waals surface area contributed by atoms with Crippen molar-refractivity contribution >= 4 is 16.8 Å². The van der Waals surface area contributed by atoms with E-state index in [9.17, 15) is 9.18 Å². The number of H-pyrrole nitrogens is 1. The topological polar surface area (TPSA) is 53.9 Å². The number of benzene rings is 1. The van der Waals surface area contributed by atoms with Gasteiger partial charge in [-0.05, 0) is 18.2 Å². The summed E-state index contributed by atoms with van der Waals surface area (Å²) in [4.78, 5) is 17.3. The predicted molar refractivity (Wildman–Crippen MR) is 75.0 cm³/mol. The molecule has 5 nitrogen and oxygen atoms in total. The summed E-state index contributed by atoms with van der Waals surface area (Å²) in [5, 5.41) is 4.62. The molecule has 0 fully saturated rings. The second-order valence-electron chi connectivity index (χ2n) is 5.29. The number of hydrogen-bond donors (Lipinski definition) is 1. The van der Waals surface area contributed by atoms with Crippen LogP contribution in [0.25, 0.3) is 10.9 Å². The molecule has 1 aliphatic heterocycles. The summed E-state index contributed by atoms with van der Waals surface area (Å²) in [5.74, 6) is -0.446. The van der Waals surface area contributed by atoms with Crippen molar-refractivity contribution < 1.29 is 9.18 Å². The van der Waals surface area contributed by atoms with Crippen LogP contribution in [0.2, 0.25) is 0 Å². The van der Waals surface area contributed by atoms with Gasteiger partial charge in [0.2, 0.25) is 0 Å². The van der Waals surface area contributed by atoms with Gasteiger partial charge in [-0.15, -0.1) is 0 Å². The molecule has 0 atom stereocenters. The summed E-state index contributed by atoms with van der Waals surface area (Å²) in [6.07, 6.45) is 1.79. The van der Waals surface area contributed by atoms with Crippen molar-refractivity contribution in [2.75, 3.05) is 0 Å². The van der Waals surface area contributed by atoms with E-state index in [-0.39, 0.29) is 11.7 Å². The van der Waals surface area contributed by atoms with Crippen LogP contribution in [0.3, 0.4) is 0 Å². The van der Waals surface area contributed by atoms with Crippen molar-refractivity contribution in [3.63, 3.8) is 0 Å². The number of carbonyl (C=O) groups excluding carboxylic acids is 1. The lowest BCUT2D eigenvalue weighted by molar-refractivity contribution is 0.0743. The van der Waals surface area contributed by atoms with Crippen molar-refractivity contribution in [1.29, 1.82) is 0 Å². The molecule has 1 aromatic carbocycles. The Morgan fingerprint density at radius 1 is 1.38 bits per heavy atom. The molecule has 21 heavy (non-hydrogen) atoms. The average molecular weight is 284 g/mol. The van der Waals surface area contributed by atoms with Crippen LogP contribution in [0.4, 0.5) is 4.39 Å². The molecule has 6 heteroatoms. The molecule has 0 bridgehead atoms. The lowest BCUT2D eigenvalue weighted by Crippen LogP contribution is -2.26. The van der Waals surface area contributed by atoms with E-state index < -0.39 is 0 Å². The van der Waals surface area contributed by atoms with Gasteiger partial charge in [-0.25, -0.2) is 4.39 Å². The number of aryl methyl sites for hydroxylation is 1. The van der Waals surface area contributed by atoms with Crippen LogP contribution >= 0.6 is 0 Å². The summed E-state index contributed by atoms with van der Waals surface area (Å²) < 4.78 is 15.5. The second-order valence-corrected chi connectivity index (χ2v) is 5.29. The molecular formula is C15H13FN4O. The van der Waals surface area contributed by atoms with E-state index in [0.717, 1.165) is 11.3 Å². The molecule has 2 aromatic heterocycles. The highest BCUT2D eigenvalue weighted by Crippen LogP contribution is 2.25. The first-order chi connectivity index (χ1) is 10.1. The summed E-state index contributed by atoms with van der Waals surface area (Å²) in [6, 6.07) is 6.35. The van der Waals surface area contributed by atoms with E-state index in [0.29, 0.717) is 29.7 Å². The predicted octanol–water partition coefficient (Wildman–Crippen LogP) is 2.20. The number of hydrogen-bond acceptors (Lipinski definition) is 2. The van der Waals surface area contributed by atoms with Gasteiger partial charge in [0.15, 0.2) is 0 Å². The van der Waals surface area contributed by atoms with E-state index >= 15 is 0 Å². The molecule has 3 aromatic rings. The summed E-state index contributed by atoms with van der Waals surface area (Å²) >= 11 is 0. The van der Waals surface area contributed by atoms with E-state index in [1.165, 1.54) is 6.07 Å². The third-order valence-corrected chi connectivity index (χ3v) is 3.98. The molecule has 106 valence electrons. The Bertz CT molecular complexity index is 864. The van der Waals surface area contributed by atoms with Crippen molar-refractivity contribution in [2.45, 2.75) is 13.1 Å². The fourth-order valence-electron chi connectivity index (χ4n) is 2.83. The quantitative estimate of drug-likeness (QED) is 0.744. The van der Waals surface area contributed by atoms with Crippen LogP contribution in [0, 0.1) is 5.82 Å². The second kappa shape index (κ2) is 4.18. The minimum Gasteiger partial charge on any atom is -0.350 e. The van der Waals surface area contributed by atoms with Crippen LogP contribution in [-0.4, -0.2) is 25.6 Å².